The van der Waals surface area contributed by atoms with Gasteiger partial charge < -0.3 is 9.52 Å². The van der Waals surface area contributed by atoms with Gasteiger partial charge in [0.1, 0.15) is 23.8 Å². The van der Waals surface area contributed by atoms with Crippen molar-refractivity contribution in [1.82, 2.24) is 0 Å². The number of phenols is 1. The first kappa shape index (κ1) is 8.74. The van der Waals surface area contributed by atoms with Crippen molar-refractivity contribution in [3.05, 3.63) is 40.2 Å². The number of rotatable bonds is 1. The summed E-state index contributed by atoms with van der Waals surface area (Å²) in [5.74, 6) is -0.0222. The van der Waals surface area contributed by atoms with E-state index in [4.69, 9.17) is 9.52 Å². The van der Waals surface area contributed by atoms with E-state index in [1.54, 1.807) is 0 Å². The Hall–Kier alpha value is -1.84. The minimum Gasteiger partial charge on any atom is -0.508 e. The monoisotopic (exact) mass is 194 g/mol. The molecule has 0 saturated heterocycles. The zero-order chi connectivity index (χ0) is 10.1. The second kappa shape index (κ2) is 3.14. The molecule has 0 aliphatic rings. The molecule has 0 aliphatic carbocycles. The Labute approximate surface area is 78.4 Å². The standard InChI is InChI=1S/C10H7FO3/c11-5-7-4-9(13)8-3-6(12)1-2-10(8)14-7/h1-4,12H,5H2. The molecule has 1 N–H and O–H groups in total. The summed E-state index contributed by atoms with van der Waals surface area (Å²) in [5.41, 5.74) is -0.0715. The predicted octanol–water partition coefficient (Wildman–Crippen LogP) is 1.97. The predicted molar refractivity (Wildman–Crippen MR) is 49.0 cm³/mol. The first-order valence-corrected chi connectivity index (χ1v) is 4.02. The fraction of sp³-hybridized carbons (Fsp3) is 0.100. The van der Waals surface area contributed by atoms with Crippen molar-refractivity contribution < 1.29 is 13.9 Å². The second-order valence-corrected chi connectivity index (χ2v) is 2.89. The van der Waals surface area contributed by atoms with Crippen LogP contribution >= 0.6 is 0 Å². The summed E-state index contributed by atoms with van der Waals surface area (Å²) in [6.45, 7) is -0.813. The molecule has 0 fully saturated rings. The Morgan fingerprint density at radius 1 is 1.36 bits per heavy atom. The highest BCUT2D eigenvalue weighted by atomic mass is 19.1. The lowest BCUT2D eigenvalue weighted by Gasteiger charge is -1.99. The molecule has 0 atom stereocenters. The fourth-order valence-corrected chi connectivity index (χ4v) is 1.26. The lowest BCUT2D eigenvalue weighted by Crippen LogP contribution is -2.00. The van der Waals surface area contributed by atoms with Gasteiger partial charge in [-0.3, -0.25) is 4.79 Å². The molecule has 0 unspecified atom stereocenters. The van der Waals surface area contributed by atoms with Gasteiger partial charge in [0.05, 0.1) is 5.39 Å². The van der Waals surface area contributed by atoms with Crippen LogP contribution in [0.2, 0.25) is 0 Å². The number of aromatic hydroxyl groups is 1. The normalized spacial score (nSPS) is 10.6. The van der Waals surface area contributed by atoms with Gasteiger partial charge >= 0.3 is 0 Å². The maximum absolute atomic E-state index is 12.2. The molecule has 1 heterocycles. The molecule has 0 amide bonds. The highest BCUT2D eigenvalue weighted by molar-refractivity contribution is 5.77. The maximum atomic E-state index is 12.2. The summed E-state index contributed by atoms with van der Waals surface area (Å²) in [5, 5.41) is 9.38. The molecule has 1 aromatic heterocycles. The van der Waals surface area contributed by atoms with Crippen LogP contribution in [0.1, 0.15) is 5.76 Å². The lowest BCUT2D eigenvalue weighted by molar-refractivity contribution is 0.400. The third-order valence-corrected chi connectivity index (χ3v) is 1.89. The number of halogens is 1. The van der Waals surface area contributed by atoms with E-state index in [0.717, 1.165) is 6.07 Å². The van der Waals surface area contributed by atoms with Crippen LogP contribution < -0.4 is 5.43 Å². The van der Waals surface area contributed by atoms with Crippen molar-refractivity contribution in [3.8, 4) is 5.75 Å². The molecule has 0 aliphatic heterocycles. The van der Waals surface area contributed by atoms with Crippen molar-refractivity contribution in [2.45, 2.75) is 6.67 Å². The summed E-state index contributed by atoms with van der Waals surface area (Å²) < 4.78 is 17.3. The van der Waals surface area contributed by atoms with Crippen LogP contribution in [0, 0.1) is 0 Å². The van der Waals surface area contributed by atoms with Gasteiger partial charge in [0.25, 0.3) is 0 Å². The Bertz CT molecular complexity index is 530. The Morgan fingerprint density at radius 2 is 2.14 bits per heavy atom. The summed E-state index contributed by atoms with van der Waals surface area (Å²) in [6, 6.07) is 5.20. The number of phenolic OH excluding ortho intramolecular Hbond substituents is 1. The van der Waals surface area contributed by atoms with E-state index >= 15 is 0 Å². The Balaban J connectivity index is 2.83. The molecule has 0 saturated carbocycles. The zero-order valence-electron chi connectivity index (χ0n) is 7.16. The minimum absolute atomic E-state index is 0.00631. The summed E-state index contributed by atoms with van der Waals surface area (Å²) in [6.07, 6.45) is 0. The van der Waals surface area contributed by atoms with E-state index in [2.05, 4.69) is 0 Å². The van der Waals surface area contributed by atoms with E-state index in [0.29, 0.717) is 0 Å². The molecule has 2 rings (SSSR count). The molecule has 0 bridgehead atoms. The van der Waals surface area contributed by atoms with Crippen LogP contribution in [0.5, 0.6) is 5.75 Å². The van der Waals surface area contributed by atoms with Crippen molar-refractivity contribution in [2.75, 3.05) is 0 Å². The molecule has 1 aromatic carbocycles. The molecular formula is C10H7FO3. The highest BCUT2D eigenvalue weighted by Gasteiger charge is 2.04. The van der Waals surface area contributed by atoms with Crippen molar-refractivity contribution in [1.29, 1.82) is 0 Å². The third-order valence-electron chi connectivity index (χ3n) is 1.89. The van der Waals surface area contributed by atoms with Crippen molar-refractivity contribution in [2.24, 2.45) is 0 Å². The average Bonchev–Trinajstić information content (AvgIpc) is 2.19. The van der Waals surface area contributed by atoms with Crippen LogP contribution in [0.3, 0.4) is 0 Å². The Kier molecular flexibility index (Phi) is 1.96. The van der Waals surface area contributed by atoms with Crippen molar-refractivity contribution in [3.63, 3.8) is 0 Å². The number of benzene rings is 1. The number of fused-ring (bicyclic) bond motifs is 1. The van der Waals surface area contributed by atoms with Crippen LogP contribution in [0.25, 0.3) is 11.0 Å². The zero-order valence-corrected chi connectivity index (χ0v) is 7.16. The smallest absolute Gasteiger partial charge is 0.193 e. The average molecular weight is 194 g/mol. The molecular weight excluding hydrogens is 187 g/mol. The number of hydrogen-bond donors (Lipinski definition) is 1. The van der Waals surface area contributed by atoms with Gasteiger partial charge in [0, 0.05) is 6.07 Å². The molecule has 0 radical (unpaired) electrons. The molecule has 72 valence electrons. The van der Waals surface area contributed by atoms with Gasteiger partial charge in [0.2, 0.25) is 0 Å². The van der Waals surface area contributed by atoms with E-state index in [1.165, 1.54) is 18.2 Å². The summed E-state index contributed by atoms with van der Waals surface area (Å²) in [4.78, 5) is 11.4. The quantitative estimate of drug-likeness (QED) is 0.754. The molecule has 4 heteroatoms. The van der Waals surface area contributed by atoms with Gasteiger partial charge in [-0.15, -0.1) is 0 Å². The van der Waals surface area contributed by atoms with Crippen molar-refractivity contribution >= 4 is 11.0 Å². The SMILES string of the molecule is O=c1cc(CF)oc2ccc(O)cc12. The van der Waals surface area contributed by atoms with Gasteiger partial charge in [-0.2, -0.15) is 0 Å². The Morgan fingerprint density at radius 3 is 2.86 bits per heavy atom. The van der Waals surface area contributed by atoms with E-state index in [1.807, 2.05) is 0 Å². The van der Waals surface area contributed by atoms with Gasteiger partial charge in [-0.25, -0.2) is 4.39 Å². The third kappa shape index (κ3) is 1.35. The van der Waals surface area contributed by atoms with E-state index < -0.39 is 6.67 Å². The van der Waals surface area contributed by atoms with Gasteiger partial charge in [-0.05, 0) is 18.2 Å². The van der Waals surface area contributed by atoms with Gasteiger partial charge in [0.15, 0.2) is 5.43 Å². The summed E-state index contributed by atoms with van der Waals surface area (Å²) in [7, 11) is 0. The summed E-state index contributed by atoms with van der Waals surface area (Å²) >= 11 is 0. The molecule has 3 nitrogen and oxygen atoms in total. The number of alkyl halides is 1. The molecule has 0 spiro atoms. The maximum Gasteiger partial charge on any atom is 0.193 e. The van der Waals surface area contributed by atoms with Crippen LogP contribution in [-0.4, -0.2) is 5.11 Å². The first-order valence-electron chi connectivity index (χ1n) is 4.02. The van der Waals surface area contributed by atoms with E-state index in [-0.39, 0.29) is 27.9 Å². The first-order chi connectivity index (χ1) is 6.70. The van der Waals surface area contributed by atoms with Crippen LogP contribution in [-0.2, 0) is 6.67 Å². The second-order valence-electron chi connectivity index (χ2n) is 2.89. The van der Waals surface area contributed by atoms with Crippen LogP contribution in [0.15, 0.2) is 33.5 Å². The van der Waals surface area contributed by atoms with Crippen LogP contribution in [0.4, 0.5) is 4.39 Å². The minimum atomic E-state index is -0.813. The topological polar surface area (TPSA) is 50.4 Å². The molecule has 2 aromatic rings. The fourth-order valence-electron chi connectivity index (χ4n) is 1.26. The largest absolute Gasteiger partial charge is 0.508 e. The highest BCUT2D eigenvalue weighted by Crippen LogP contribution is 2.18. The number of hydrogen-bond acceptors (Lipinski definition) is 3. The lowest BCUT2D eigenvalue weighted by atomic mass is 10.2. The van der Waals surface area contributed by atoms with E-state index in [9.17, 15) is 9.18 Å². The van der Waals surface area contributed by atoms with Gasteiger partial charge in [-0.1, -0.05) is 0 Å². The molecule has 14 heavy (non-hydrogen) atoms.